The zero-order chi connectivity index (χ0) is 16.1. The summed E-state index contributed by atoms with van der Waals surface area (Å²) in [5, 5.41) is 1.03. The highest BCUT2D eigenvalue weighted by Crippen LogP contribution is 2.12. The lowest BCUT2D eigenvalue weighted by molar-refractivity contribution is 0.111. The topological polar surface area (TPSA) is 27.7 Å². The third-order valence-corrected chi connectivity index (χ3v) is 6.65. The molecule has 0 unspecified atom stereocenters. The van der Waals surface area contributed by atoms with Gasteiger partial charge in [0.25, 0.3) is 0 Å². The Bertz CT molecular complexity index is 366. The largest absolute Gasteiger partial charge is 0.536 e. The van der Waals surface area contributed by atoms with Crippen molar-refractivity contribution in [2.75, 3.05) is 20.8 Å². The van der Waals surface area contributed by atoms with E-state index in [1.807, 2.05) is 30.3 Å². The van der Waals surface area contributed by atoms with E-state index in [-0.39, 0.29) is 0 Å². The van der Waals surface area contributed by atoms with Gasteiger partial charge in [0.15, 0.2) is 0 Å². The Kier molecular flexibility index (Phi) is 10.4. The van der Waals surface area contributed by atoms with Crippen molar-refractivity contribution >= 4 is 14.0 Å². The predicted molar refractivity (Wildman–Crippen MR) is 94.4 cm³/mol. The van der Waals surface area contributed by atoms with Crippen LogP contribution in [0.5, 0.6) is 0 Å². The third-order valence-electron chi connectivity index (χ3n) is 3.95. The average Bonchev–Trinajstić information content (AvgIpc) is 2.58. The molecule has 0 aliphatic heterocycles. The second kappa shape index (κ2) is 11.8. The zero-order valence-corrected chi connectivity index (χ0v) is 15.5. The van der Waals surface area contributed by atoms with Gasteiger partial charge in [-0.15, -0.1) is 0 Å². The molecule has 0 aromatic heterocycles. The van der Waals surface area contributed by atoms with Crippen LogP contribution in [0, 0.1) is 0 Å². The summed E-state index contributed by atoms with van der Waals surface area (Å²) in [4.78, 5) is 0. The van der Waals surface area contributed by atoms with Crippen molar-refractivity contribution in [1.82, 2.24) is 0 Å². The van der Waals surface area contributed by atoms with E-state index in [1.54, 1.807) is 14.2 Å². The van der Waals surface area contributed by atoms with E-state index in [0.29, 0.717) is 6.61 Å². The van der Waals surface area contributed by atoms with Gasteiger partial charge in [-0.2, -0.15) is 0 Å². The Morgan fingerprint density at radius 1 is 0.773 bits per heavy atom. The normalized spacial score (nSPS) is 11.8. The van der Waals surface area contributed by atoms with Crippen LogP contribution >= 0.6 is 0 Å². The first-order chi connectivity index (χ1) is 10.8. The van der Waals surface area contributed by atoms with Crippen molar-refractivity contribution in [3.63, 3.8) is 0 Å². The summed E-state index contributed by atoms with van der Waals surface area (Å²) in [6.45, 7) is 2.96. The minimum atomic E-state index is -2.71. The van der Waals surface area contributed by atoms with Gasteiger partial charge in [-0.05, 0) is 6.42 Å². The van der Waals surface area contributed by atoms with Crippen LogP contribution < -0.4 is 5.19 Å². The van der Waals surface area contributed by atoms with Crippen molar-refractivity contribution in [3.8, 4) is 0 Å². The van der Waals surface area contributed by atoms with E-state index in [9.17, 15) is 0 Å². The van der Waals surface area contributed by atoms with E-state index in [4.69, 9.17) is 13.3 Å². The Balaban J connectivity index is 2.25. The van der Waals surface area contributed by atoms with Crippen LogP contribution in [0.2, 0.25) is 0 Å². The lowest BCUT2D eigenvalue weighted by Crippen LogP contribution is -2.55. The molecular formula is C18H32O3Si. The summed E-state index contributed by atoms with van der Waals surface area (Å²) in [6.07, 6.45) is 10.4. The summed E-state index contributed by atoms with van der Waals surface area (Å²) in [5.74, 6) is 0. The van der Waals surface area contributed by atoms with Crippen LogP contribution in [-0.2, 0) is 13.3 Å². The van der Waals surface area contributed by atoms with Crippen LogP contribution in [0.4, 0.5) is 0 Å². The SMILES string of the molecule is CCCCCCCCCCO[Si](OC)(OC)c1ccccc1. The van der Waals surface area contributed by atoms with Crippen molar-refractivity contribution in [1.29, 1.82) is 0 Å². The van der Waals surface area contributed by atoms with Crippen LogP contribution in [0.25, 0.3) is 0 Å². The molecule has 0 aliphatic rings. The molecule has 0 spiro atoms. The van der Waals surface area contributed by atoms with E-state index < -0.39 is 8.80 Å². The molecule has 4 heteroatoms. The molecular weight excluding hydrogens is 292 g/mol. The summed E-state index contributed by atoms with van der Waals surface area (Å²) in [7, 11) is 0.648. The van der Waals surface area contributed by atoms with Gasteiger partial charge in [0.05, 0.1) is 0 Å². The van der Waals surface area contributed by atoms with Crippen LogP contribution in [0.1, 0.15) is 58.3 Å². The summed E-state index contributed by atoms with van der Waals surface area (Å²) in [6, 6.07) is 10.0. The van der Waals surface area contributed by atoms with Gasteiger partial charge in [-0.1, -0.05) is 82.2 Å². The molecule has 0 bridgehead atoms. The standard InChI is InChI=1S/C18H32O3Si/c1-4-5-6-7-8-9-10-14-17-21-22(19-2,20-3)18-15-12-11-13-16-18/h11-13,15-16H,4-10,14,17H2,1-3H3. The molecule has 1 rings (SSSR count). The molecule has 0 N–H and O–H groups in total. The number of rotatable bonds is 13. The fourth-order valence-corrected chi connectivity index (χ4v) is 4.66. The molecule has 0 radical (unpaired) electrons. The molecule has 0 heterocycles. The molecule has 1 aromatic carbocycles. The van der Waals surface area contributed by atoms with Crippen LogP contribution in [0.15, 0.2) is 30.3 Å². The second-order valence-corrected chi connectivity index (χ2v) is 8.45. The molecule has 0 atom stereocenters. The summed E-state index contributed by atoms with van der Waals surface area (Å²) >= 11 is 0. The van der Waals surface area contributed by atoms with Gasteiger partial charge in [0, 0.05) is 26.0 Å². The van der Waals surface area contributed by atoms with Crippen molar-refractivity contribution in [3.05, 3.63) is 30.3 Å². The minimum absolute atomic E-state index is 0.706. The van der Waals surface area contributed by atoms with Gasteiger partial charge < -0.3 is 13.3 Å². The summed E-state index contributed by atoms with van der Waals surface area (Å²) < 4.78 is 17.3. The number of unbranched alkanes of at least 4 members (excludes halogenated alkanes) is 7. The Hall–Kier alpha value is -0.683. The fourth-order valence-electron chi connectivity index (χ4n) is 2.60. The van der Waals surface area contributed by atoms with Crippen LogP contribution in [-0.4, -0.2) is 29.6 Å². The highest BCUT2D eigenvalue weighted by Gasteiger charge is 2.41. The lowest BCUT2D eigenvalue weighted by atomic mass is 10.1. The van der Waals surface area contributed by atoms with Crippen LogP contribution in [0.3, 0.4) is 0 Å². The van der Waals surface area contributed by atoms with Gasteiger partial charge in [0.2, 0.25) is 0 Å². The maximum Gasteiger partial charge on any atom is 0.536 e. The first kappa shape index (κ1) is 19.4. The van der Waals surface area contributed by atoms with Gasteiger partial charge in [0.1, 0.15) is 0 Å². The predicted octanol–water partition coefficient (Wildman–Crippen LogP) is 4.28. The van der Waals surface area contributed by atoms with E-state index in [1.165, 1.54) is 44.9 Å². The second-order valence-electron chi connectivity index (χ2n) is 5.65. The average molecular weight is 325 g/mol. The first-order valence-corrected chi connectivity index (χ1v) is 10.3. The lowest BCUT2D eigenvalue weighted by Gasteiger charge is -2.26. The number of hydrogen-bond acceptors (Lipinski definition) is 3. The molecule has 0 fully saturated rings. The maximum atomic E-state index is 6.05. The Labute approximate surface area is 137 Å². The van der Waals surface area contributed by atoms with E-state index >= 15 is 0 Å². The molecule has 0 aliphatic carbocycles. The van der Waals surface area contributed by atoms with Crippen molar-refractivity contribution < 1.29 is 13.3 Å². The smallest absolute Gasteiger partial charge is 0.373 e. The maximum absolute atomic E-state index is 6.05. The minimum Gasteiger partial charge on any atom is -0.373 e. The molecule has 22 heavy (non-hydrogen) atoms. The quantitative estimate of drug-likeness (QED) is 0.400. The number of hydrogen-bond donors (Lipinski definition) is 0. The molecule has 0 saturated carbocycles. The molecule has 0 amide bonds. The monoisotopic (exact) mass is 324 g/mol. The molecule has 126 valence electrons. The van der Waals surface area contributed by atoms with Gasteiger partial charge in [-0.3, -0.25) is 0 Å². The Morgan fingerprint density at radius 3 is 1.86 bits per heavy atom. The van der Waals surface area contributed by atoms with Gasteiger partial charge >= 0.3 is 8.80 Å². The molecule has 0 saturated heterocycles. The highest BCUT2D eigenvalue weighted by molar-refractivity contribution is 6.75. The number of benzene rings is 1. The Morgan fingerprint density at radius 2 is 1.32 bits per heavy atom. The van der Waals surface area contributed by atoms with E-state index in [2.05, 4.69) is 6.92 Å². The van der Waals surface area contributed by atoms with Crippen molar-refractivity contribution in [2.24, 2.45) is 0 Å². The van der Waals surface area contributed by atoms with E-state index in [0.717, 1.165) is 11.6 Å². The molecule has 3 nitrogen and oxygen atoms in total. The van der Waals surface area contributed by atoms with Gasteiger partial charge in [-0.25, -0.2) is 0 Å². The fraction of sp³-hybridized carbons (Fsp3) is 0.667. The van der Waals surface area contributed by atoms with Crippen molar-refractivity contribution in [2.45, 2.75) is 58.3 Å². The third kappa shape index (κ3) is 6.61. The molecule has 1 aromatic rings. The first-order valence-electron chi connectivity index (χ1n) is 8.59. The zero-order valence-electron chi connectivity index (χ0n) is 14.5. The highest BCUT2D eigenvalue weighted by atomic mass is 28.4. The summed E-state index contributed by atoms with van der Waals surface area (Å²) in [5.41, 5.74) is 0.